The minimum absolute atomic E-state index is 0.127. The molecule has 0 spiro atoms. The maximum atomic E-state index is 13.0. The predicted octanol–water partition coefficient (Wildman–Crippen LogP) is 6.16. The Morgan fingerprint density at radius 2 is 2.11 bits per heavy atom. The Hall–Kier alpha value is -2.93. The first kappa shape index (κ1) is 25.7. The molecule has 2 aliphatic heterocycles. The first-order valence-corrected chi connectivity index (χ1v) is 13.1. The van der Waals surface area contributed by atoms with Gasteiger partial charge in [0.15, 0.2) is 6.61 Å². The molecule has 196 valence electrons. The maximum Gasteiger partial charge on any atom is 0.410 e. The number of ether oxygens (including phenoxy) is 3. The first-order valence-electron chi connectivity index (χ1n) is 12.3. The minimum atomic E-state index is -0.611. The topological polar surface area (TPSA) is 94.5 Å². The summed E-state index contributed by atoms with van der Waals surface area (Å²) in [6.45, 7) is 7.33. The Bertz CT molecular complexity index is 1380. The molecule has 0 bridgehead atoms. The molecule has 1 saturated heterocycles. The van der Waals surface area contributed by atoms with E-state index in [1.165, 1.54) is 0 Å². The highest BCUT2D eigenvalue weighted by molar-refractivity contribution is 6.45. The summed E-state index contributed by atoms with van der Waals surface area (Å²) in [7, 11) is 0. The van der Waals surface area contributed by atoms with Gasteiger partial charge in [0, 0.05) is 48.8 Å². The van der Waals surface area contributed by atoms with E-state index in [4.69, 9.17) is 37.4 Å². The zero-order chi connectivity index (χ0) is 26.3. The summed E-state index contributed by atoms with van der Waals surface area (Å²) in [4.78, 5) is 14.7. The Labute approximate surface area is 225 Å². The van der Waals surface area contributed by atoms with E-state index in [0.29, 0.717) is 47.6 Å². The Morgan fingerprint density at radius 3 is 2.81 bits per heavy atom. The van der Waals surface area contributed by atoms with Crippen molar-refractivity contribution >= 4 is 40.2 Å². The smallest absolute Gasteiger partial charge is 0.410 e. The van der Waals surface area contributed by atoms with Gasteiger partial charge in [-0.25, -0.2) is 9.48 Å². The fourth-order valence-corrected chi connectivity index (χ4v) is 5.40. The molecule has 37 heavy (non-hydrogen) atoms. The van der Waals surface area contributed by atoms with Gasteiger partial charge in [0.1, 0.15) is 23.6 Å². The minimum Gasteiger partial charge on any atom is -0.478 e. The van der Waals surface area contributed by atoms with E-state index in [9.17, 15) is 10.1 Å². The van der Waals surface area contributed by atoms with E-state index in [2.05, 4.69) is 9.67 Å². The quantitative estimate of drug-likeness (QED) is 0.389. The number of hydrogen-bond donors (Lipinski definition) is 0. The van der Waals surface area contributed by atoms with Crippen molar-refractivity contribution in [2.75, 3.05) is 19.8 Å². The molecule has 0 saturated carbocycles. The average molecular weight is 546 g/mol. The Kier molecular flexibility index (Phi) is 7.01. The Balaban J connectivity index is 1.67. The molecule has 1 amide bonds. The van der Waals surface area contributed by atoms with Crippen molar-refractivity contribution in [3.05, 3.63) is 34.2 Å². The maximum absolute atomic E-state index is 13.0. The van der Waals surface area contributed by atoms with Crippen molar-refractivity contribution in [1.82, 2.24) is 19.2 Å². The van der Waals surface area contributed by atoms with Crippen LogP contribution in [-0.4, -0.2) is 50.7 Å². The number of fused-ring (bicyclic) bond motifs is 3. The molecule has 0 N–H and O–H groups in total. The number of nitriles is 1. The number of aromatic nitrogens is 3. The molecule has 1 fully saturated rings. The summed E-state index contributed by atoms with van der Waals surface area (Å²) in [5.74, 6) is 0.452. The van der Waals surface area contributed by atoms with Gasteiger partial charge in [-0.1, -0.05) is 23.2 Å². The summed E-state index contributed by atoms with van der Waals surface area (Å²) in [6, 6.07) is 3.66. The van der Waals surface area contributed by atoms with E-state index in [1.807, 2.05) is 37.7 Å². The van der Waals surface area contributed by atoms with Crippen LogP contribution >= 0.6 is 23.2 Å². The lowest BCUT2D eigenvalue weighted by Gasteiger charge is -2.31. The third kappa shape index (κ3) is 4.98. The monoisotopic (exact) mass is 545 g/mol. The molecule has 11 heteroatoms. The van der Waals surface area contributed by atoms with Crippen LogP contribution in [-0.2, 0) is 22.6 Å². The summed E-state index contributed by atoms with van der Waals surface area (Å²) in [5.41, 5.74) is 2.62. The van der Waals surface area contributed by atoms with Gasteiger partial charge in [-0.2, -0.15) is 10.4 Å². The molecule has 9 nitrogen and oxygen atoms in total. The number of benzene rings is 1. The van der Waals surface area contributed by atoms with Crippen molar-refractivity contribution in [1.29, 1.82) is 5.26 Å². The lowest BCUT2D eigenvalue weighted by molar-refractivity contribution is -0.0394. The van der Waals surface area contributed by atoms with Crippen molar-refractivity contribution in [3.8, 4) is 22.9 Å². The van der Waals surface area contributed by atoms with E-state index in [1.54, 1.807) is 17.2 Å². The average Bonchev–Trinajstić information content (AvgIpc) is 3.47. The molecule has 0 aliphatic carbocycles. The van der Waals surface area contributed by atoms with Gasteiger partial charge in [0.05, 0.1) is 33.7 Å². The molecule has 5 rings (SSSR count). The second-order valence-corrected chi connectivity index (χ2v) is 11.0. The number of carbonyl (C=O) groups is 1. The SMILES string of the molecule is CC(C)(C)OC(=O)N1CCn2c(c(-c3cnn(C4CCCCO4)c3)c3c(OCC#N)cc(Cl)c(Cl)c32)C1. The Morgan fingerprint density at radius 1 is 1.30 bits per heavy atom. The van der Waals surface area contributed by atoms with Crippen LogP contribution in [0.4, 0.5) is 4.79 Å². The van der Waals surface area contributed by atoms with Gasteiger partial charge in [0.2, 0.25) is 0 Å². The summed E-state index contributed by atoms with van der Waals surface area (Å²) >= 11 is 13.3. The molecule has 1 atom stereocenters. The second-order valence-electron chi connectivity index (χ2n) is 10.2. The third-order valence-electron chi connectivity index (χ3n) is 6.51. The molecule has 1 aromatic carbocycles. The van der Waals surface area contributed by atoms with Crippen molar-refractivity contribution in [2.24, 2.45) is 0 Å². The van der Waals surface area contributed by atoms with Crippen LogP contribution in [0.1, 0.15) is 52.0 Å². The van der Waals surface area contributed by atoms with Crippen molar-refractivity contribution in [2.45, 2.75) is 65.0 Å². The zero-order valence-electron chi connectivity index (χ0n) is 21.1. The van der Waals surface area contributed by atoms with Gasteiger partial charge in [-0.15, -0.1) is 0 Å². The van der Waals surface area contributed by atoms with E-state index in [-0.39, 0.29) is 18.9 Å². The zero-order valence-corrected chi connectivity index (χ0v) is 22.6. The number of nitrogens with zero attached hydrogens (tertiary/aromatic N) is 5. The van der Waals surface area contributed by atoms with Crippen LogP contribution in [0.2, 0.25) is 10.0 Å². The highest BCUT2D eigenvalue weighted by Gasteiger charge is 2.33. The van der Waals surface area contributed by atoms with Gasteiger partial charge < -0.3 is 23.7 Å². The van der Waals surface area contributed by atoms with Gasteiger partial charge >= 0.3 is 6.09 Å². The lowest BCUT2D eigenvalue weighted by atomic mass is 10.0. The van der Waals surface area contributed by atoms with Crippen molar-refractivity contribution in [3.63, 3.8) is 0 Å². The molecule has 2 aromatic heterocycles. The van der Waals surface area contributed by atoms with E-state index in [0.717, 1.165) is 41.5 Å². The lowest BCUT2D eigenvalue weighted by Crippen LogP contribution is -2.41. The van der Waals surface area contributed by atoms with E-state index >= 15 is 0 Å². The van der Waals surface area contributed by atoms with Crippen LogP contribution in [0.3, 0.4) is 0 Å². The van der Waals surface area contributed by atoms with Crippen molar-refractivity contribution < 1.29 is 19.0 Å². The van der Waals surface area contributed by atoms with Gasteiger partial charge in [-0.05, 0) is 40.0 Å². The number of amides is 1. The van der Waals surface area contributed by atoms with Crippen LogP contribution < -0.4 is 4.74 Å². The van der Waals surface area contributed by atoms with Gasteiger partial charge in [0.25, 0.3) is 0 Å². The molecule has 1 unspecified atom stereocenters. The first-order chi connectivity index (χ1) is 17.7. The molecule has 3 aromatic rings. The van der Waals surface area contributed by atoms with Gasteiger partial charge in [-0.3, -0.25) is 0 Å². The number of carbonyl (C=O) groups excluding carboxylic acids is 1. The normalized spacial score (nSPS) is 17.9. The van der Waals surface area contributed by atoms with E-state index < -0.39 is 5.60 Å². The number of halogens is 2. The number of hydrogen-bond acceptors (Lipinski definition) is 6. The van der Waals surface area contributed by atoms with Crippen LogP contribution in [0.15, 0.2) is 18.5 Å². The van der Waals surface area contributed by atoms with Crippen LogP contribution in [0, 0.1) is 11.3 Å². The highest BCUT2D eigenvalue weighted by atomic mass is 35.5. The molecule has 0 radical (unpaired) electrons. The van der Waals surface area contributed by atoms with Crippen LogP contribution in [0.5, 0.6) is 5.75 Å². The summed E-state index contributed by atoms with van der Waals surface area (Å²) < 4.78 is 21.3. The molecular formula is C26H29Cl2N5O4. The second kappa shape index (κ2) is 10.1. The molecular weight excluding hydrogens is 517 g/mol. The fourth-order valence-electron chi connectivity index (χ4n) is 4.97. The summed E-state index contributed by atoms with van der Waals surface area (Å²) in [5, 5.41) is 15.2. The summed E-state index contributed by atoms with van der Waals surface area (Å²) in [6.07, 6.45) is 6.24. The number of rotatable bonds is 4. The fraction of sp³-hybridized carbons (Fsp3) is 0.500. The standard InChI is InChI=1S/C26H29Cl2N5O4/c1-26(2,3)37-25(34)31-8-9-32-18(15-31)21(16-13-30-33(14-16)20-6-4-5-10-36-20)22-19(35-11-7-29)12-17(27)23(28)24(22)32/h12-14,20H,4-6,8-11,15H2,1-3H3. The predicted molar refractivity (Wildman–Crippen MR) is 140 cm³/mol. The third-order valence-corrected chi connectivity index (χ3v) is 7.29. The van der Waals surface area contributed by atoms with Crippen LogP contribution in [0.25, 0.3) is 22.0 Å². The largest absolute Gasteiger partial charge is 0.478 e. The molecule has 2 aliphatic rings. The molecule has 4 heterocycles. The highest BCUT2D eigenvalue weighted by Crippen LogP contribution is 2.47.